The smallest absolute Gasteiger partial charge is 0.242 e. The number of anilines is 1. The summed E-state index contributed by atoms with van der Waals surface area (Å²) in [4.78, 5) is 19.7. The first kappa shape index (κ1) is 11.1. The fourth-order valence-electron chi connectivity index (χ4n) is 1.69. The topological polar surface area (TPSA) is 66.9 Å². The Morgan fingerprint density at radius 1 is 1.56 bits per heavy atom. The number of piperidine rings is 1. The zero-order valence-electron chi connectivity index (χ0n) is 8.96. The number of aryl methyl sites for hydroxylation is 1. The van der Waals surface area contributed by atoms with E-state index in [1.54, 1.807) is 13.0 Å². The van der Waals surface area contributed by atoms with Gasteiger partial charge in [-0.25, -0.2) is 9.97 Å². The molecule has 1 aromatic rings. The minimum absolute atomic E-state index is 0.0126. The van der Waals surface area contributed by atoms with E-state index in [9.17, 15) is 4.79 Å². The van der Waals surface area contributed by atoms with Gasteiger partial charge in [0.05, 0.1) is 0 Å². The number of amides is 1. The predicted octanol–water partition coefficient (Wildman–Crippen LogP) is 1.13. The highest BCUT2D eigenvalue weighted by Gasteiger charge is 2.22. The quantitative estimate of drug-likeness (QED) is 0.761. The van der Waals surface area contributed by atoms with Gasteiger partial charge in [0.25, 0.3) is 0 Å². The molecule has 1 aromatic heterocycles. The van der Waals surface area contributed by atoms with Crippen LogP contribution in [0.4, 0.5) is 5.82 Å². The fourth-order valence-corrected chi connectivity index (χ4v) is 1.92. The second-order valence-electron chi connectivity index (χ2n) is 3.75. The summed E-state index contributed by atoms with van der Waals surface area (Å²) in [6.45, 7) is 2.51. The summed E-state index contributed by atoms with van der Waals surface area (Å²) in [5.41, 5.74) is 0. The van der Waals surface area contributed by atoms with E-state index in [0.717, 1.165) is 19.4 Å². The summed E-state index contributed by atoms with van der Waals surface area (Å²) in [7, 11) is 0. The molecule has 0 saturated carbocycles. The van der Waals surface area contributed by atoms with Crippen molar-refractivity contribution in [1.29, 1.82) is 0 Å². The summed E-state index contributed by atoms with van der Waals surface area (Å²) in [5, 5.41) is 6.25. The molecule has 1 aliphatic heterocycles. The molecule has 2 rings (SSSR count). The number of hydrogen-bond acceptors (Lipinski definition) is 4. The maximum absolute atomic E-state index is 11.5. The number of nitrogens with one attached hydrogen (secondary N) is 2. The van der Waals surface area contributed by atoms with Gasteiger partial charge in [-0.3, -0.25) is 4.79 Å². The van der Waals surface area contributed by atoms with Crippen LogP contribution >= 0.6 is 11.6 Å². The molecule has 16 heavy (non-hydrogen) atoms. The first-order valence-electron chi connectivity index (χ1n) is 5.20. The van der Waals surface area contributed by atoms with Crippen molar-refractivity contribution in [1.82, 2.24) is 15.3 Å². The average Bonchev–Trinajstić information content (AvgIpc) is 2.20. The monoisotopic (exact) mass is 240 g/mol. The zero-order valence-corrected chi connectivity index (χ0v) is 9.71. The predicted molar refractivity (Wildman–Crippen MR) is 61.4 cm³/mol. The van der Waals surface area contributed by atoms with Crippen LogP contribution in [0.1, 0.15) is 18.7 Å². The Labute approximate surface area is 98.6 Å². The van der Waals surface area contributed by atoms with Gasteiger partial charge in [0.1, 0.15) is 22.8 Å². The molecule has 1 atom stereocenters. The number of rotatable bonds is 2. The Morgan fingerprint density at radius 3 is 3.06 bits per heavy atom. The minimum atomic E-state index is -0.223. The maximum atomic E-state index is 11.5. The Hall–Kier alpha value is -1.36. The molecule has 0 aliphatic carbocycles. The number of nitrogens with zero attached hydrogens (tertiary/aromatic N) is 2. The van der Waals surface area contributed by atoms with Crippen LogP contribution in [0.3, 0.4) is 0 Å². The summed E-state index contributed by atoms with van der Waals surface area (Å²) in [6, 6.07) is 1.40. The first-order valence-corrected chi connectivity index (χ1v) is 5.58. The molecule has 0 bridgehead atoms. The summed E-state index contributed by atoms with van der Waals surface area (Å²) < 4.78 is 0. The van der Waals surface area contributed by atoms with Gasteiger partial charge in [0.15, 0.2) is 0 Å². The lowest BCUT2D eigenvalue weighted by molar-refractivity contribution is -0.123. The van der Waals surface area contributed by atoms with E-state index in [2.05, 4.69) is 20.6 Å². The third-order valence-electron chi connectivity index (χ3n) is 2.41. The zero-order chi connectivity index (χ0) is 11.5. The number of aromatic nitrogens is 2. The van der Waals surface area contributed by atoms with E-state index in [1.165, 1.54) is 0 Å². The van der Waals surface area contributed by atoms with Crippen molar-refractivity contribution in [2.24, 2.45) is 0 Å². The second-order valence-corrected chi connectivity index (χ2v) is 4.14. The Kier molecular flexibility index (Phi) is 3.24. The SMILES string of the molecule is Cc1nc(Cl)cc(NC2CCCNC2=O)n1. The van der Waals surface area contributed by atoms with Crippen molar-refractivity contribution in [3.8, 4) is 0 Å². The summed E-state index contributed by atoms with van der Waals surface area (Å²) in [6.07, 6.45) is 1.79. The van der Waals surface area contributed by atoms with Crippen LogP contribution in [0.15, 0.2) is 6.07 Å². The van der Waals surface area contributed by atoms with Crippen molar-refractivity contribution in [2.45, 2.75) is 25.8 Å². The molecular weight excluding hydrogens is 228 g/mol. The molecule has 0 spiro atoms. The molecule has 1 aliphatic rings. The molecule has 5 nitrogen and oxygen atoms in total. The lowest BCUT2D eigenvalue weighted by Gasteiger charge is -2.23. The van der Waals surface area contributed by atoms with Gasteiger partial charge in [0.2, 0.25) is 5.91 Å². The molecule has 0 radical (unpaired) electrons. The number of carbonyl (C=O) groups is 1. The largest absolute Gasteiger partial charge is 0.358 e. The summed E-state index contributed by atoms with van der Waals surface area (Å²) in [5.74, 6) is 1.20. The molecule has 1 unspecified atom stereocenters. The van der Waals surface area contributed by atoms with Gasteiger partial charge in [-0.05, 0) is 19.8 Å². The Balaban J connectivity index is 2.10. The van der Waals surface area contributed by atoms with E-state index in [0.29, 0.717) is 16.8 Å². The van der Waals surface area contributed by atoms with Gasteiger partial charge in [0, 0.05) is 12.6 Å². The van der Waals surface area contributed by atoms with Crippen LogP contribution < -0.4 is 10.6 Å². The van der Waals surface area contributed by atoms with Crippen LogP contribution in [0.2, 0.25) is 5.15 Å². The van der Waals surface area contributed by atoms with Gasteiger partial charge in [-0.2, -0.15) is 0 Å². The third kappa shape index (κ3) is 2.61. The van der Waals surface area contributed by atoms with Crippen LogP contribution in [-0.2, 0) is 4.79 Å². The fraction of sp³-hybridized carbons (Fsp3) is 0.500. The second kappa shape index (κ2) is 4.65. The molecule has 86 valence electrons. The molecule has 1 fully saturated rings. The van der Waals surface area contributed by atoms with Crippen LogP contribution in [0.25, 0.3) is 0 Å². The highest BCUT2D eigenvalue weighted by atomic mass is 35.5. The van der Waals surface area contributed by atoms with Gasteiger partial charge >= 0.3 is 0 Å². The van der Waals surface area contributed by atoms with Crippen molar-refractivity contribution in [2.75, 3.05) is 11.9 Å². The van der Waals surface area contributed by atoms with Crippen molar-refractivity contribution in [3.05, 3.63) is 17.0 Å². The number of hydrogen-bond donors (Lipinski definition) is 2. The van der Waals surface area contributed by atoms with E-state index < -0.39 is 0 Å². The third-order valence-corrected chi connectivity index (χ3v) is 2.61. The van der Waals surface area contributed by atoms with Gasteiger partial charge in [-0.1, -0.05) is 11.6 Å². The van der Waals surface area contributed by atoms with Crippen molar-refractivity contribution in [3.63, 3.8) is 0 Å². The van der Waals surface area contributed by atoms with E-state index in [4.69, 9.17) is 11.6 Å². The molecule has 2 N–H and O–H groups in total. The average molecular weight is 241 g/mol. The minimum Gasteiger partial charge on any atom is -0.358 e. The highest BCUT2D eigenvalue weighted by Crippen LogP contribution is 2.14. The van der Waals surface area contributed by atoms with Crippen LogP contribution in [-0.4, -0.2) is 28.5 Å². The lowest BCUT2D eigenvalue weighted by Crippen LogP contribution is -2.44. The molecule has 2 heterocycles. The Morgan fingerprint density at radius 2 is 2.38 bits per heavy atom. The standard InChI is InChI=1S/C10H13ClN4O/c1-6-13-8(11)5-9(14-6)15-7-3-2-4-12-10(7)16/h5,7H,2-4H2,1H3,(H,12,16)(H,13,14,15). The highest BCUT2D eigenvalue weighted by molar-refractivity contribution is 6.29. The van der Waals surface area contributed by atoms with E-state index in [1.807, 2.05) is 0 Å². The number of halogens is 1. The first-order chi connectivity index (χ1) is 7.65. The number of carbonyl (C=O) groups excluding carboxylic acids is 1. The van der Waals surface area contributed by atoms with Gasteiger partial charge < -0.3 is 10.6 Å². The van der Waals surface area contributed by atoms with Gasteiger partial charge in [-0.15, -0.1) is 0 Å². The lowest BCUT2D eigenvalue weighted by atomic mass is 10.1. The van der Waals surface area contributed by atoms with Crippen LogP contribution in [0, 0.1) is 6.92 Å². The van der Waals surface area contributed by atoms with Crippen molar-refractivity contribution < 1.29 is 4.79 Å². The Bertz CT molecular complexity index is 390. The molecule has 0 aromatic carbocycles. The normalized spacial score (nSPS) is 20.4. The van der Waals surface area contributed by atoms with Crippen LogP contribution in [0.5, 0.6) is 0 Å². The maximum Gasteiger partial charge on any atom is 0.242 e. The molecular formula is C10H13ClN4O. The molecule has 1 amide bonds. The van der Waals surface area contributed by atoms with E-state index in [-0.39, 0.29) is 11.9 Å². The van der Waals surface area contributed by atoms with Crippen molar-refractivity contribution >= 4 is 23.3 Å². The van der Waals surface area contributed by atoms with E-state index >= 15 is 0 Å². The molecule has 6 heteroatoms. The molecule has 1 saturated heterocycles. The summed E-state index contributed by atoms with van der Waals surface area (Å²) >= 11 is 5.81.